The van der Waals surface area contributed by atoms with Crippen molar-refractivity contribution < 1.29 is 18.5 Å². The number of aryl methyl sites for hydroxylation is 2. The topological polar surface area (TPSA) is 123 Å². The van der Waals surface area contributed by atoms with E-state index in [1.807, 2.05) is 18.2 Å². The number of hydrogen-bond acceptors (Lipinski definition) is 7. The lowest BCUT2D eigenvalue weighted by molar-refractivity contribution is -0.124. The number of benzene rings is 2. The molecule has 2 aromatic carbocycles. The molecule has 192 valence electrons. The van der Waals surface area contributed by atoms with Gasteiger partial charge < -0.3 is 15.2 Å². The first-order chi connectivity index (χ1) is 18.3. The van der Waals surface area contributed by atoms with Gasteiger partial charge in [0.15, 0.2) is 0 Å². The Hall–Kier alpha value is -4.18. The van der Waals surface area contributed by atoms with Crippen LogP contribution in [0, 0.1) is 12.7 Å². The van der Waals surface area contributed by atoms with Crippen molar-refractivity contribution in [2.45, 2.75) is 44.2 Å². The van der Waals surface area contributed by atoms with E-state index in [-0.39, 0.29) is 34.3 Å². The SMILES string of the molecule is Cc1nc(-c2c(F)cc(Cl)cc2-c2ccc3c(c2)CCC3NC(=O)C2(NC(=O)c3cncnc3)CC2)no1. The van der Waals surface area contributed by atoms with Crippen LogP contribution in [0.25, 0.3) is 22.5 Å². The molecule has 38 heavy (non-hydrogen) atoms. The maximum absolute atomic E-state index is 15.0. The first-order valence-electron chi connectivity index (χ1n) is 12.1. The van der Waals surface area contributed by atoms with Crippen LogP contribution in [0.5, 0.6) is 0 Å². The highest BCUT2D eigenvalue weighted by Gasteiger charge is 2.52. The van der Waals surface area contributed by atoms with Crippen molar-refractivity contribution in [3.05, 3.63) is 82.5 Å². The van der Waals surface area contributed by atoms with Crippen molar-refractivity contribution >= 4 is 23.4 Å². The van der Waals surface area contributed by atoms with Gasteiger partial charge in [-0.15, -0.1) is 0 Å². The molecule has 0 aliphatic heterocycles. The second kappa shape index (κ2) is 9.29. The number of amides is 2. The van der Waals surface area contributed by atoms with Gasteiger partial charge >= 0.3 is 0 Å². The van der Waals surface area contributed by atoms with E-state index in [1.54, 1.807) is 13.0 Å². The molecule has 0 radical (unpaired) electrons. The Balaban J connectivity index is 1.23. The third kappa shape index (κ3) is 4.41. The summed E-state index contributed by atoms with van der Waals surface area (Å²) >= 11 is 6.20. The standard InChI is InChI=1S/C27H22ClFN6O3/c1-14-32-24(35-38-14)23-20(9-18(28)10-21(23)29)16-2-4-19-15(8-16)3-5-22(19)33-26(37)27(6-7-27)34-25(36)17-11-30-13-31-12-17/h2,4,8-13,22H,3,5-7H2,1H3,(H,33,37)(H,34,36). The number of aromatic nitrogens is 4. The van der Waals surface area contributed by atoms with Gasteiger partial charge in [0.25, 0.3) is 5.91 Å². The lowest BCUT2D eigenvalue weighted by Crippen LogP contribution is -2.49. The zero-order chi connectivity index (χ0) is 26.4. The summed E-state index contributed by atoms with van der Waals surface area (Å²) in [5.41, 5.74) is 2.92. The number of carbonyl (C=O) groups is 2. The van der Waals surface area contributed by atoms with Crippen molar-refractivity contribution in [1.29, 1.82) is 0 Å². The second-order valence-electron chi connectivity index (χ2n) is 9.59. The van der Waals surface area contributed by atoms with Crippen LogP contribution in [-0.4, -0.2) is 37.5 Å². The molecule has 2 amide bonds. The fraction of sp³-hybridized carbons (Fsp3) is 0.259. The first-order valence-corrected chi connectivity index (χ1v) is 12.5. The summed E-state index contributed by atoms with van der Waals surface area (Å²) in [7, 11) is 0. The van der Waals surface area contributed by atoms with E-state index in [0.29, 0.717) is 36.3 Å². The quantitative estimate of drug-likeness (QED) is 0.378. The van der Waals surface area contributed by atoms with Crippen molar-refractivity contribution in [3.63, 3.8) is 0 Å². The van der Waals surface area contributed by atoms with Crippen molar-refractivity contribution in [2.75, 3.05) is 0 Å². The van der Waals surface area contributed by atoms with E-state index in [1.165, 1.54) is 24.8 Å². The van der Waals surface area contributed by atoms with Gasteiger partial charge in [0, 0.05) is 24.3 Å². The van der Waals surface area contributed by atoms with Gasteiger partial charge in [-0.25, -0.2) is 14.4 Å². The van der Waals surface area contributed by atoms with Crippen LogP contribution in [0.15, 0.2) is 53.6 Å². The number of nitrogens with one attached hydrogen (secondary N) is 2. The van der Waals surface area contributed by atoms with Crippen molar-refractivity contribution in [2.24, 2.45) is 0 Å². The van der Waals surface area contributed by atoms with Gasteiger partial charge in [0.05, 0.1) is 17.2 Å². The van der Waals surface area contributed by atoms with Gasteiger partial charge in [-0.1, -0.05) is 35.0 Å². The molecular formula is C27H22ClFN6O3. The van der Waals surface area contributed by atoms with Gasteiger partial charge in [-0.05, 0) is 60.1 Å². The fourth-order valence-corrected chi connectivity index (χ4v) is 5.11. The van der Waals surface area contributed by atoms with Gasteiger partial charge in [-0.2, -0.15) is 4.98 Å². The molecule has 0 saturated heterocycles. The molecule has 2 aromatic heterocycles. The molecule has 6 rings (SSSR count). The van der Waals surface area contributed by atoms with Crippen LogP contribution in [-0.2, 0) is 11.2 Å². The molecule has 1 atom stereocenters. The van der Waals surface area contributed by atoms with Crippen LogP contribution >= 0.6 is 11.6 Å². The number of halogens is 2. The van der Waals surface area contributed by atoms with E-state index in [9.17, 15) is 14.0 Å². The summed E-state index contributed by atoms with van der Waals surface area (Å²) in [5, 5.41) is 10.1. The molecule has 0 spiro atoms. The monoisotopic (exact) mass is 532 g/mol. The third-order valence-corrected chi connectivity index (χ3v) is 7.22. The molecule has 1 saturated carbocycles. The summed E-state index contributed by atoms with van der Waals surface area (Å²) < 4.78 is 20.1. The largest absolute Gasteiger partial charge is 0.347 e. The molecule has 4 aromatic rings. The minimum absolute atomic E-state index is 0.149. The molecule has 2 aliphatic rings. The normalized spacial score (nSPS) is 17.1. The molecule has 2 N–H and O–H groups in total. The maximum Gasteiger partial charge on any atom is 0.255 e. The number of hydrogen-bond donors (Lipinski definition) is 2. The summed E-state index contributed by atoms with van der Waals surface area (Å²) in [4.78, 5) is 37.7. The van der Waals surface area contributed by atoms with Crippen molar-refractivity contribution in [1.82, 2.24) is 30.7 Å². The summed E-state index contributed by atoms with van der Waals surface area (Å²) in [6, 6.07) is 8.49. The molecular weight excluding hydrogens is 511 g/mol. The zero-order valence-electron chi connectivity index (χ0n) is 20.3. The van der Waals surface area contributed by atoms with Crippen LogP contribution in [0.3, 0.4) is 0 Å². The summed E-state index contributed by atoms with van der Waals surface area (Å²) in [5.74, 6) is -0.657. The highest BCUT2D eigenvalue weighted by atomic mass is 35.5. The molecule has 1 unspecified atom stereocenters. The number of rotatable bonds is 6. The molecule has 11 heteroatoms. The minimum atomic E-state index is -0.925. The van der Waals surface area contributed by atoms with E-state index in [4.69, 9.17) is 16.1 Å². The average molecular weight is 533 g/mol. The smallest absolute Gasteiger partial charge is 0.255 e. The van der Waals surface area contributed by atoms with Crippen LogP contribution in [0.2, 0.25) is 5.02 Å². The zero-order valence-corrected chi connectivity index (χ0v) is 21.1. The lowest BCUT2D eigenvalue weighted by atomic mass is 9.95. The molecule has 1 fully saturated rings. The number of carbonyl (C=O) groups excluding carboxylic acids is 2. The molecule has 2 heterocycles. The Bertz CT molecular complexity index is 1570. The van der Waals surface area contributed by atoms with E-state index < -0.39 is 11.4 Å². The lowest BCUT2D eigenvalue weighted by Gasteiger charge is -2.21. The highest BCUT2D eigenvalue weighted by molar-refractivity contribution is 6.31. The van der Waals surface area contributed by atoms with Crippen LogP contribution in [0.4, 0.5) is 4.39 Å². The minimum Gasteiger partial charge on any atom is -0.347 e. The Morgan fingerprint density at radius 2 is 1.95 bits per heavy atom. The number of nitrogens with zero attached hydrogens (tertiary/aromatic N) is 4. The summed E-state index contributed by atoms with van der Waals surface area (Å²) in [6.07, 6.45) is 6.74. The number of fused-ring (bicyclic) bond motifs is 1. The highest BCUT2D eigenvalue weighted by Crippen LogP contribution is 2.41. The summed E-state index contributed by atoms with van der Waals surface area (Å²) in [6.45, 7) is 1.64. The van der Waals surface area contributed by atoms with Gasteiger partial charge in [0.1, 0.15) is 17.7 Å². The van der Waals surface area contributed by atoms with Gasteiger partial charge in [0.2, 0.25) is 17.6 Å². The Labute approximate surface area is 221 Å². The average Bonchev–Trinajstić information content (AvgIpc) is 3.40. The van der Waals surface area contributed by atoms with Crippen LogP contribution in [0.1, 0.15) is 52.7 Å². The molecule has 9 nitrogen and oxygen atoms in total. The fourth-order valence-electron chi connectivity index (χ4n) is 4.90. The van der Waals surface area contributed by atoms with E-state index in [2.05, 4.69) is 30.7 Å². The van der Waals surface area contributed by atoms with Gasteiger partial charge in [-0.3, -0.25) is 9.59 Å². The van der Waals surface area contributed by atoms with E-state index in [0.717, 1.165) is 23.1 Å². The predicted octanol–water partition coefficient (Wildman–Crippen LogP) is 4.36. The Morgan fingerprint density at radius 1 is 1.16 bits per heavy atom. The second-order valence-corrected chi connectivity index (χ2v) is 10.0. The Morgan fingerprint density at radius 3 is 2.66 bits per heavy atom. The maximum atomic E-state index is 15.0. The predicted molar refractivity (Wildman–Crippen MR) is 136 cm³/mol. The Kier molecular flexibility index (Phi) is 5.91. The van der Waals surface area contributed by atoms with E-state index >= 15 is 0 Å². The first kappa shape index (κ1) is 24.2. The third-order valence-electron chi connectivity index (χ3n) is 7.00. The van der Waals surface area contributed by atoms with Crippen LogP contribution < -0.4 is 10.6 Å². The molecule has 0 bridgehead atoms. The molecule has 2 aliphatic carbocycles. The van der Waals surface area contributed by atoms with Crippen molar-refractivity contribution in [3.8, 4) is 22.5 Å².